The van der Waals surface area contributed by atoms with Gasteiger partial charge < -0.3 is 4.52 Å². The van der Waals surface area contributed by atoms with Crippen molar-refractivity contribution in [3.63, 3.8) is 0 Å². The molecule has 1 fully saturated rings. The van der Waals surface area contributed by atoms with Crippen LogP contribution in [0.3, 0.4) is 0 Å². The van der Waals surface area contributed by atoms with E-state index in [-0.39, 0.29) is 5.78 Å². The van der Waals surface area contributed by atoms with Crippen molar-refractivity contribution in [2.75, 3.05) is 0 Å². The molecule has 0 unspecified atom stereocenters. The van der Waals surface area contributed by atoms with Crippen LogP contribution in [-0.2, 0) is 0 Å². The maximum Gasteiger partial charge on any atom is 0.161 e. The Balaban J connectivity index is 2.08. The van der Waals surface area contributed by atoms with Gasteiger partial charge >= 0.3 is 0 Å². The molecule has 0 radical (unpaired) electrons. The Hall–Kier alpha value is -1.52. The van der Waals surface area contributed by atoms with Crippen molar-refractivity contribution in [2.24, 2.45) is 0 Å². The molecule has 0 saturated heterocycles. The molecule has 1 saturated carbocycles. The van der Waals surface area contributed by atoms with Gasteiger partial charge in [0.2, 0.25) is 0 Å². The van der Waals surface area contributed by atoms with Crippen LogP contribution in [0.2, 0.25) is 5.02 Å². The predicted molar refractivity (Wildman–Crippen MR) is 85.5 cm³/mol. The summed E-state index contributed by atoms with van der Waals surface area (Å²) >= 11 is 11.7. The van der Waals surface area contributed by atoms with Gasteiger partial charge in [0.15, 0.2) is 5.78 Å². The van der Waals surface area contributed by atoms with Crippen LogP contribution in [0, 0.1) is 6.92 Å². The van der Waals surface area contributed by atoms with Gasteiger partial charge in [0.25, 0.3) is 0 Å². The summed E-state index contributed by atoms with van der Waals surface area (Å²) in [4.78, 5) is 12.4. The van der Waals surface area contributed by atoms with E-state index < -0.39 is 0 Å². The number of Topliss-reactive ketones (excluding diaryl/α,β-unsaturated/α-hetero) is 1. The maximum atomic E-state index is 11.8. The number of hydrogen-bond donors (Lipinski definition) is 0. The van der Waals surface area contributed by atoms with Gasteiger partial charge in [-0.05, 0) is 43.9 Å². The second kappa shape index (κ2) is 5.35. The average molecular weight is 320 g/mol. The van der Waals surface area contributed by atoms with Gasteiger partial charge in [-0.1, -0.05) is 35.0 Å². The molecule has 3 rings (SSSR count). The van der Waals surface area contributed by atoms with Crippen molar-refractivity contribution in [2.45, 2.75) is 32.6 Å². The standard InChI is InChI=1S/C16H14ClNO2S/c1-8-11(5-6-13(17)14(8)9(2)19)16(21)12-7-20-18-15(12)10-3-4-10/h5-7,10H,3-4H2,1-2H3. The number of halogens is 1. The average Bonchev–Trinajstić information content (AvgIpc) is 3.15. The summed E-state index contributed by atoms with van der Waals surface area (Å²) in [5.41, 5.74) is 3.96. The van der Waals surface area contributed by atoms with E-state index >= 15 is 0 Å². The van der Waals surface area contributed by atoms with Gasteiger partial charge in [-0.2, -0.15) is 0 Å². The minimum Gasteiger partial charge on any atom is -0.364 e. The number of rotatable bonds is 4. The molecule has 0 bridgehead atoms. The van der Waals surface area contributed by atoms with Crippen LogP contribution in [0.25, 0.3) is 0 Å². The summed E-state index contributed by atoms with van der Waals surface area (Å²) in [5, 5.41) is 4.53. The Morgan fingerprint density at radius 3 is 2.71 bits per heavy atom. The first kappa shape index (κ1) is 14.4. The van der Waals surface area contributed by atoms with Gasteiger partial charge in [-0.25, -0.2) is 0 Å². The molecule has 3 nitrogen and oxygen atoms in total. The molecule has 1 aliphatic carbocycles. The number of thiocarbonyl (C=S) groups is 1. The third-order valence-corrected chi connectivity index (χ3v) is 4.57. The van der Waals surface area contributed by atoms with E-state index in [1.54, 1.807) is 12.3 Å². The molecule has 0 amide bonds. The number of carbonyl (C=O) groups is 1. The monoisotopic (exact) mass is 319 g/mol. The normalized spacial score (nSPS) is 14.2. The summed E-state index contributed by atoms with van der Waals surface area (Å²) in [7, 11) is 0. The molecule has 21 heavy (non-hydrogen) atoms. The molecule has 5 heteroatoms. The first-order chi connectivity index (χ1) is 10.0. The molecule has 1 heterocycles. The van der Waals surface area contributed by atoms with Crippen molar-refractivity contribution in [3.05, 3.63) is 51.4 Å². The maximum absolute atomic E-state index is 11.8. The molecule has 108 valence electrons. The van der Waals surface area contributed by atoms with Gasteiger partial charge in [0.1, 0.15) is 6.26 Å². The lowest BCUT2D eigenvalue weighted by molar-refractivity contribution is 0.101. The van der Waals surface area contributed by atoms with Gasteiger partial charge in [-0.15, -0.1) is 0 Å². The molecule has 0 N–H and O–H groups in total. The number of benzene rings is 1. The number of carbonyl (C=O) groups excluding carboxylic acids is 1. The molecule has 1 aliphatic rings. The first-order valence-electron chi connectivity index (χ1n) is 6.79. The van der Waals surface area contributed by atoms with Crippen LogP contribution in [-0.4, -0.2) is 15.8 Å². The van der Waals surface area contributed by atoms with Crippen LogP contribution >= 0.6 is 23.8 Å². The van der Waals surface area contributed by atoms with Crippen molar-refractivity contribution in [1.82, 2.24) is 5.16 Å². The van der Waals surface area contributed by atoms with Crippen LogP contribution in [0.4, 0.5) is 0 Å². The van der Waals surface area contributed by atoms with E-state index in [0.717, 1.165) is 35.2 Å². The fourth-order valence-corrected chi connectivity index (χ4v) is 3.28. The second-order valence-electron chi connectivity index (χ2n) is 5.37. The highest BCUT2D eigenvalue weighted by Gasteiger charge is 2.31. The molecule has 0 atom stereocenters. The molecule has 1 aromatic heterocycles. The molecule has 0 aliphatic heterocycles. The zero-order valence-electron chi connectivity index (χ0n) is 11.8. The summed E-state index contributed by atoms with van der Waals surface area (Å²) < 4.78 is 5.10. The molecular formula is C16H14ClNO2S. The smallest absolute Gasteiger partial charge is 0.161 e. The van der Waals surface area contributed by atoms with Gasteiger partial charge in [-0.3, -0.25) is 4.79 Å². The van der Waals surface area contributed by atoms with E-state index in [9.17, 15) is 4.79 Å². The predicted octanol–water partition coefficient (Wildman–Crippen LogP) is 4.48. The van der Waals surface area contributed by atoms with Crippen LogP contribution in [0.1, 0.15) is 58.4 Å². The topological polar surface area (TPSA) is 43.1 Å². The Bertz CT molecular complexity index is 747. The van der Waals surface area contributed by atoms with E-state index in [1.165, 1.54) is 6.92 Å². The number of ketones is 1. The Labute approximate surface area is 133 Å². The molecule has 0 spiro atoms. The van der Waals surface area contributed by atoms with E-state index in [0.29, 0.717) is 21.4 Å². The highest BCUT2D eigenvalue weighted by atomic mass is 35.5. The van der Waals surface area contributed by atoms with E-state index in [2.05, 4.69) is 5.16 Å². The summed E-state index contributed by atoms with van der Waals surface area (Å²) in [6.45, 7) is 3.38. The van der Waals surface area contributed by atoms with Crippen LogP contribution in [0.15, 0.2) is 22.9 Å². The SMILES string of the molecule is CC(=O)c1c(Cl)ccc(C(=S)c2conc2C2CC2)c1C. The molecule has 1 aromatic carbocycles. The van der Waals surface area contributed by atoms with Crippen LogP contribution in [0.5, 0.6) is 0 Å². The zero-order valence-corrected chi connectivity index (χ0v) is 13.3. The number of aromatic nitrogens is 1. The Kier molecular flexibility index (Phi) is 3.68. The highest BCUT2D eigenvalue weighted by molar-refractivity contribution is 7.81. The van der Waals surface area contributed by atoms with Gasteiger partial charge in [0.05, 0.1) is 21.1 Å². The fourth-order valence-electron chi connectivity index (χ4n) is 2.57. The first-order valence-corrected chi connectivity index (χ1v) is 7.58. The van der Waals surface area contributed by atoms with Crippen molar-refractivity contribution in [3.8, 4) is 0 Å². The second-order valence-corrected chi connectivity index (χ2v) is 6.18. The van der Waals surface area contributed by atoms with Crippen LogP contribution < -0.4 is 0 Å². The van der Waals surface area contributed by atoms with Crippen molar-refractivity contribution < 1.29 is 9.32 Å². The van der Waals surface area contributed by atoms with Gasteiger partial charge in [0, 0.05) is 11.5 Å². The molecular weight excluding hydrogens is 306 g/mol. The van der Waals surface area contributed by atoms with Crippen molar-refractivity contribution >= 4 is 34.5 Å². The lowest BCUT2D eigenvalue weighted by Crippen LogP contribution is -2.08. The lowest BCUT2D eigenvalue weighted by atomic mass is 9.94. The summed E-state index contributed by atoms with van der Waals surface area (Å²) in [6, 6.07) is 3.58. The Morgan fingerprint density at radius 2 is 2.10 bits per heavy atom. The van der Waals surface area contributed by atoms with Crippen molar-refractivity contribution in [1.29, 1.82) is 0 Å². The minimum atomic E-state index is -0.0603. The lowest BCUT2D eigenvalue weighted by Gasteiger charge is -2.12. The zero-order chi connectivity index (χ0) is 15.1. The van der Waals surface area contributed by atoms with E-state index in [1.807, 2.05) is 13.0 Å². The summed E-state index contributed by atoms with van der Waals surface area (Å²) in [5.74, 6) is 0.395. The summed E-state index contributed by atoms with van der Waals surface area (Å²) in [6.07, 6.45) is 3.85. The largest absolute Gasteiger partial charge is 0.364 e. The van der Waals surface area contributed by atoms with E-state index in [4.69, 9.17) is 28.3 Å². The fraction of sp³-hybridized carbons (Fsp3) is 0.312. The third-order valence-electron chi connectivity index (χ3n) is 3.82. The number of hydrogen-bond acceptors (Lipinski definition) is 4. The third kappa shape index (κ3) is 2.54. The number of nitrogens with zero attached hydrogens (tertiary/aromatic N) is 1. The highest BCUT2D eigenvalue weighted by Crippen LogP contribution is 2.41. The molecule has 2 aromatic rings. The minimum absolute atomic E-state index is 0.0603. The Morgan fingerprint density at radius 1 is 1.38 bits per heavy atom. The quantitative estimate of drug-likeness (QED) is 0.615.